The average Bonchev–Trinajstić information content (AvgIpc) is 2.60. The molecule has 22 heavy (non-hydrogen) atoms. The fourth-order valence-electron chi connectivity index (χ4n) is 6.14. The van der Waals surface area contributed by atoms with Gasteiger partial charge in [-0.05, 0) is 62.2 Å². The summed E-state index contributed by atoms with van der Waals surface area (Å²) in [6.45, 7) is 0. The van der Waals surface area contributed by atoms with Crippen molar-refractivity contribution in [2.24, 2.45) is 23.7 Å². The Bertz CT molecular complexity index is 318. The van der Waals surface area contributed by atoms with Crippen molar-refractivity contribution in [1.29, 1.82) is 0 Å². The Morgan fingerprint density at radius 2 is 0.818 bits per heavy atom. The van der Waals surface area contributed by atoms with Crippen LogP contribution in [0.3, 0.4) is 0 Å². The summed E-state index contributed by atoms with van der Waals surface area (Å²) >= 11 is 0. The van der Waals surface area contributed by atoms with Gasteiger partial charge in [-0.25, -0.2) is 9.78 Å². The van der Waals surface area contributed by atoms with Gasteiger partial charge in [-0.2, -0.15) is 0 Å². The maximum Gasteiger partial charge on any atom is 0.0960 e. The molecule has 4 fully saturated rings. The van der Waals surface area contributed by atoms with E-state index in [9.17, 15) is 0 Å². The molecule has 4 aliphatic rings. The maximum atomic E-state index is 6.14. The fraction of sp³-hybridized carbons (Fsp3) is 1.00. The lowest BCUT2D eigenvalue weighted by Crippen LogP contribution is -2.40. The molecule has 0 aliphatic heterocycles. The molecule has 0 aromatic rings. The van der Waals surface area contributed by atoms with Crippen molar-refractivity contribution >= 4 is 0 Å². The first-order chi connectivity index (χ1) is 10.9. The van der Waals surface area contributed by atoms with Crippen LogP contribution < -0.4 is 0 Å². The first-order valence-electron chi connectivity index (χ1n) is 10.2. The molecule has 2 heteroatoms. The second-order valence-electron chi connectivity index (χ2n) is 8.55. The predicted molar refractivity (Wildman–Crippen MR) is 88.3 cm³/mol. The number of fused-ring (bicyclic) bond motifs is 2. The molecule has 6 unspecified atom stereocenters. The summed E-state index contributed by atoms with van der Waals surface area (Å²) in [5.74, 6) is 3.47. The second kappa shape index (κ2) is 7.21. The standard InChI is InChI=1S/C20H34O2/c1-3-11-17-15(7-1)9-5-13-19(17)21-22-20-14-6-10-16-8-2-4-12-18(16)20/h15-20H,1-14H2. The summed E-state index contributed by atoms with van der Waals surface area (Å²) in [5, 5.41) is 0. The molecule has 0 heterocycles. The molecule has 0 aromatic heterocycles. The van der Waals surface area contributed by atoms with Crippen LogP contribution in [-0.4, -0.2) is 12.2 Å². The van der Waals surface area contributed by atoms with Crippen LogP contribution in [0.1, 0.15) is 89.9 Å². The summed E-state index contributed by atoms with van der Waals surface area (Å²) in [4.78, 5) is 12.3. The minimum Gasteiger partial charge on any atom is -0.233 e. The number of hydrogen-bond acceptors (Lipinski definition) is 2. The van der Waals surface area contributed by atoms with Crippen LogP contribution >= 0.6 is 0 Å². The van der Waals surface area contributed by atoms with Gasteiger partial charge in [-0.3, -0.25) is 0 Å². The Morgan fingerprint density at radius 1 is 0.409 bits per heavy atom. The van der Waals surface area contributed by atoms with Crippen molar-refractivity contribution in [3.8, 4) is 0 Å². The van der Waals surface area contributed by atoms with Gasteiger partial charge in [0.15, 0.2) is 0 Å². The topological polar surface area (TPSA) is 18.5 Å². The average molecular weight is 306 g/mol. The minimum atomic E-state index is 0.406. The predicted octanol–water partition coefficient (Wildman–Crippen LogP) is 5.65. The van der Waals surface area contributed by atoms with E-state index in [2.05, 4.69) is 0 Å². The maximum absolute atomic E-state index is 6.14. The minimum absolute atomic E-state index is 0.406. The molecule has 0 N–H and O–H groups in total. The zero-order valence-electron chi connectivity index (χ0n) is 14.2. The third-order valence-electron chi connectivity index (χ3n) is 7.32. The number of rotatable bonds is 3. The lowest BCUT2D eigenvalue weighted by Gasteiger charge is -2.43. The third-order valence-corrected chi connectivity index (χ3v) is 7.32. The van der Waals surface area contributed by atoms with E-state index >= 15 is 0 Å². The molecule has 2 nitrogen and oxygen atoms in total. The molecule has 0 aromatic carbocycles. The largest absolute Gasteiger partial charge is 0.233 e. The number of hydrogen-bond donors (Lipinski definition) is 0. The first-order valence-corrected chi connectivity index (χ1v) is 10.2. The monoisotopic (exact) mass is 306 g/mol. The Morgan fingerprint density at radius 3 is 1.32 bits per heavy atom. The molecule has 4 rings (SSSR count). The Kier molecular flexibility index (Phi) is 5.07. The molecule has 4 aliphatic carbocycles. The molecule has 6 atom stereocenters. The van der Waals surface area contributed by atoms with E-state index in [1.54, 1.807) is 0 Å². The van der Waals surface area contributed by atoms with Crippen LogP contribution in [0, 0.1) is 23.7 Å². The smallest absolute Gasteiger partial charge is 0.0960 e. The van der Waals surface area contributed by atoms with Gasteiger partial charge in [0.1, 0.15) is 0 Å². The van der Waals surface area contributed by atoms with E-state index < -0.39 is 0 Å². The van der Waals surface area contributed by atoms with Gasteiger partial charge in [0.25, 0.3) is 0 Å². The van der Waals surface area contributed by atoms with Gasteiger partial charge in [0.05, 0.1) is 12.2 Å². The fourth-order valence-corrected chi connectivity index (χ4v) is 6.14. The molecular weight excluding hydrogens is 272 g/mol. The van der Waals surface area contributed by atoms with Crippen molar-refractivity contribution in [3.63, 3.8) is 0 Å². The van der Waals surface area contributed by atoms with Crippen LogP contribution in [0.25, 0.3) is 0 Å². The van der Waals surface area contributed by atoms with Gasteiger partial charge in [0.2, 0.25) is 0 Å². The quantitative estimate of drug-likeness (QED) is 0.495. The van der Waals surface area contributed by atoms with E-state index in [-0.39, 0.29) is 0 Å². The Hall–Kier alpha value is -0.0800. The molecule has 0 radical (unpaired) electrons. The van der Waals surface area contributed by atoms with Gasteiger partial charge < -0.3 is 0 Å². The van der Waals surface area contributed by atoms with E-state index in [0.29, 0.717) is 12.2 Å². The zero-order valence-corrected chi connectivity index (χ0v) is 14.2. The van der Waals surface area contributed by atoms with Crippen LogP contribution in [-0.2, 0) is 9.78 Å². The van der Waals surface area contributed by atoms with Crippen molar-refractivity contribution in [3.05, 3.63) is 0 Å². The van der Waals surface area contributed by atoms with Gasteiger partial charge >= 0.3 is 0 Å². The van der Waals surface area contributed by atoms with Gasteiger partial charge in [-0.15, -0.1) is 0 Å². The summed E-state index contributed by atoms with van der Waals surface area (Å²) in [6.07, 6.45) is 20.2. The molecular formula is C20H34O2. The van der Waals surface area contributed by atoms with E-state index in [0.717, 1.165) is 23.7 Å². The second-order valence-corrected chi connectivity index (χ2v) is 8.55. The molecule has 4 saturated carbocycles. The lowest BCUT2D eigenvalue weighted by molar-refractivity contribution is -0.379. The van der Waals surface area contributed by atoms with Gasteiger partial charge in [0, 0.05) is 0 Å². The normalized spacial score (nSPS) is 45.8. The molecule has 126 valence electrons. The van der Waals surface area contributed by atoms with E-state index in [4.69, 9.17) is 9.78 Å². The van der Waals surface area contributed by atoms with Crippen LogP contribution in [0.2, 0.25) is 0 Å². The molecule has 0 saturated heterocycles. The van der Waals surface area contributed by atoms with Crippen molar-refractivity contribution in [2.75, 3.05) is 0 Å². The lowest BCUT2D eigenvalue weighted by atomic mass is 9.69. The molecule has 0 amide bonds. The van der Waals surface area contributed by atoms with Crippen molar-refractivity contribution in [2.45, 2.75) is 102 Å². The summed E-state index contributed by atoms with van der Waals surface area (Å²) in [6, 6.07) is 0. The van der Waals surface area contributed by atoms with Crippen molar-refractivity contribution in [1.82, 2.24) is 0 Å². The highest BCUT2D eigenvalue weighted by atomic mass is 17.2. The highest BCUT2D eigenvalue weighted by Gasteiger charge is 2.39. The van der Waals surface area contributed by atoms with Crippen molar-refractivity contribution < 1.29 is 9.78 Å². The van der Waals surface area contributed by atoms with E-state index in [1.165, 1.54) is 89.9 Å². The Balaban J connectivity index is 1.33. The van der Waals surface area contributed by atoms with E-state index in [1.807, 2.05) is 0 Å². The first kappa shape index (κ1) is 15.4. The SMILES string of the molecule is C1CCC2C(C1)CCCC2OOC1CCCC2CCCCC21. The van der Waals surface area contributed by atoms with Crippen LogP contribution in [0.5, 0.6) is 0 Å². The van der Waals surface area contributed by atoms with Gasteiger partial charge in [-0.1, -0.05) is 51.4 Å². The summed E-state index contributed by atoms with van der Waals surface area (Å²) in [5.41, 5.74) is 0. The highest BCUT2D eigenvalue weighted by Crippen LogP contribution is 2.44. The van der Waals surface area contributed by atoms with Crippen LogP contribution in [0.15, 0.2) is 0 Å². The zero-order chi connectivity index (χ0) is 14.8. The van der Waals surface area contributed by atoms with Crippen LogP contribution in [0.4, 0.5) is 0 Å². The molecule has 0 bridgehead atoms. The summed E-state index contributed by atoms with van der Waals surface area (Å²) in [7, 11) is 0. The third kappa shape index (κ3) is 3.24. The Labute approximate surface area is 136 Å². The highest BCUT2D eigenvalue weighted by molar-refractivity contribution is 4.87. The molecule has 0 spiro atoms. The summed E-state index contributed by atoms with van der Waals surface area (Å²) < 4.78 is 0.